The van der Waals surface area contributed by atoms with Crippen LogP contribution in [0.15, 0.2) is 23.8 Å². The molecule has 5 heteroatoms. The van der Waals surface area contributed by atoms with E-state index in [1.165, 1.54) is 6.08 Å². The summed E-state index contributed by atoms with van der Waals surface area (Å²) in [6.07, 6.45) is 4.64. The monoisotopic (exact) mass is 298 g/mol. The maximum Gasteiger partial charge on any atom is 0.213 e. The maximum absolute atomic E-state index is 11.6. The molecule has 0 N–H and O–H groups in total. The Balaban J connectivity index is 2.92. The predicted octanol–water partition coefficient (Wildman–Crippen LogP) is 3.06. The van der Waals surface area contributed by atoms with E-state index in [0.717, 1.165) is 0 Å². The Labute approximate surface area is 122 Å². The first-order chi connectivity index (χ1) is 9.08. The Bertz CT molecular complexity index is 426. The van der Waals surface area contributed by atoms with Crippen LogP contribution in [-0.2, 0) is 18.7 Å². The molecule has 4 nitrogen and oxygen atoms in total. The molecule has 0 fully saturated rings. The molecule has 0 radical (unpaired) electrons. The zero-order valence-electron chi connectivity index (χ0n) is 13.6. The van der Waals surface area contributed by atoms with Crippen LogP contribution in [0.5, 0.6) is 0 Å². The minimum Gasteiger partial charge on any atom is -0.413 e. The fraction of sp³-hybridized carbons (Fsp3) is 0.667. The van der Waals surface area contributed by atoms with Gasteiger partial charge in [0.2, 0.25) is 5.79 Å². The fourth-order valence-corrected chi connectivity index (χ4v) is 2.67. The molecule has 0 aliphatic heterocycles. The largest absolute Gasteiger partial charge is 0.413 e. The quantitative estimate of drug-likeness (QED) is 0.578. The molecule has 1 rings (SSSR count). The molecule has 0 amide bonds. The second-order valence-corrected chi connectivity index (χ2v) is 11.3. The number of carbonyl (C=O) groups excluding carboxylic acids is 1. The second-order valence-electron chi connectivity index (χ2n) is 6.53. The van der Waals surface area contributed by atoms with Crippen LogP contribution in [0.25, 0.3) is 0 Å². The van der Waals surface area contributed by atoms with Crippen molar-refractivity contribution in [3.05, 3.63) is 23.8 Å². The van der Waals surface area contributed by atoms with Crippen molar-refractivity contribution in [3.8, 4) is 0 Å². The average Bonchev–Trinajstić information content (AvgIpc) is 2.36. The third-order valence-electron chi connectivity index (χ3n) is 4.23. The number of carbonyl (C=O) groups is 1. The predicted molar refractivity (Wildman–Crippen MR) is 82.1 cm³/mol. The lowest BCUT2D eigenvalue weighted by molar-refractivity contribution is -0.147. The summed E-state index contributed by atoms with van der Waals surface area (Å²) in [7, 11) is 1.23. The molecular formula is C15H26O4Si. The Morgan fingerprint density at radius 1 is 1.20 bits per heavy atom. The van der Waals surface area contributed by atoms with Gasteiger partial charge in [0.1, 0.15) is 0 Å². The maximum atomic E-state index is 11.6. The molecule has 0 atom stereocenters. The van der Waals surface area contributed by atoms with Crippen LogP contribution in [0.2, 0.25) is 18.1 Å². The molecule has 0 aromatic rings. The second kappa shape index (κ2) is 5.93. The molecule has 1 aliphatic carbocycles. The highest BCUT2D eigenvalue weighted by Crippen LogP contribution is 2.38. The molecule has 0 unspecified atom stereocenters. The third kappa shape index (κ3) is 3.47. The van der Waals surface area contributed by atoms with E-state index in [4.69, 9.17) is 13.9 Å². The van der Waals surface area contributed by atoms with E-state index >= 15 is 0 Å². The lowest BCUT2D eigenvalue weighted by Crippen LogP contribution is -2.44. The van der Waals surface area contributed by atoms with Crippen molar-refractivity contribution in [1.29, 1.82) is 0 Å². The van der Waals surface area contributed by atoms with E-state index < -0.39 is 14.1 Å². The molecular weight excluding hydrogens is 272 g/mol. The zero-order chi connectivity index (χ0) is 15.6. The van der Waals surface area contributed by atoms with Crippen LogP contribution in [0.3, 0.4) is 0 Å². The number of allylic oxidation sites excluding steroid dienone is 2. The van der Waals surface area contributed by atoms with Gasteiger partial charge in [-0.25, -0.2) is 0 Å². The van der Waals surface area contributed by atoms with Gasteiger partial charge in [0, 0.05) is 19.8 Å². The van der Waals surface area contributed by atoms with Crippen LogP contribution < -0.4 is 0 Å². The molecule has 0 bridgehead atoms. The Morgan fingerprint density at radius 2 is 1.75 bits per heavy atom. The van der Waals surface area contributed by atoms with E-state index in [0.29, 0.717) is 12.2 Å². The van der Waals surface area contributed by atoms with Gasteiger partial charge in [-0.3, -0.25) is 4.79 Å². The van der Waals surface area contributed by atoms with Crippen molar-refractivity contribution in [3.63, 3.8) is 0 Å². The molecule has 0 aromatic carbocycles. The summed E-state index contributed by atoms with van der Waals surface area (Å²) < 4.78 is 17.1. The van der Waals surface area contributed by atoms with Crippen LogP contribution in [0.1, 0.15) is 20.8 Å². The van der Waals surface area contributed by atoms with E-state index in [-0.39, 0.29) is 10.8 Å². The van der Waals surface area contributed by atoms with Gasteiger partial charge in [-0.1, -0.05) is 20.8 Å². The lowest BCUT2D eigenvalue weighted by atomic mass is 9.99. The minimum absolute atomic E-state index is 0.0662. The SMILES string of the molecule is COC1(OC)C=CC(=O)C=C1CO[Si](C)(C)C(C)(C)C. The highest BCUT2D eigenvalue weighted by Gasteiger charge is 2.40. The number of hydrogen-bond acceptors (Lipinski definition) is 4. The van der Waals surface area contributed by atoms with Gasteiger partial charge in [-0.05, 0) is 36.4 Å². The summed E-state index contributed by atoms with van der Waals surface area (Å²) in [6, 6.07) is 0. The summed E-state index contributed by atoms with van der Waals surface area (Å²) in [5, 5.41) is 0.116. The van der Waals surface area contributed by atoms with Gasteiger partial charge in [0.25, 0.3) is 0 Å². The Morgan fingerprint density at radius 3 is 2.20 bits per heavy atom. The van der Waals surface area contributed by atoms with Gasteiger partial charge in [-0.15, -0.1) is 0 Å². The van der Waals surface area contributed by atoms with Crippen molar-refractivity contribution in [1.82, 2.24) is 0 Å². The normalized spacial score (nSPS) is 19.1. The van der Waals surface area contributed by atoms with Gasteiger partial charge in [0.05, 0.1) is 6.61 Å². The van der Waals surface area contributed by atoms with Crippen molar-refractivity contribution in [2.24, 2.45) is 0 Å². The number of ether oxygens (including phenoxy) is 2. The van der Waals surface area contributed by atoms with E-state index in [1.807, 2.05) is 0 Å². The first-order valence-corrected chi connectivity index (χ1v) is 9.67. The van der Waals surface area contributed by atoms with Crippen molar-refractivity contribution >= 4 is 14.1 Å². The topological polar surface area (TPSA) is 44.8 Å². The number of ketones is 1. The summed E-state index contributed by atoms with van der Waals surface area (Å²) in [4.78, 5) is 11.6. The first kappa shape index (κ1) is 17.3. The molecule has 0 spiro atoms. The summed E-state index contributed by atoms with van der Waals surface area (Å²) in [6.45, 7) is 11.2. The Kier molecular flexibility index (Phi) is 5.13. The van der Waals surface area contributed by atoms with Crippen LogP contribution in [0, 0.1) is 0 Å². The van der Waals surface area contributed by atoms with Gasteiger partial charge >= 0.3 is 0 Å². The van der Waals surface area contributed by atoms with Gasteiger partial charge in [0.15, 0.2) is 14.1 Å². The standard InChI is InChI=1S/C15H26O4Si/c1-14(2,3)20(6,7)19-11-12-10-13(16)8-9-15(12,17-4)18-5/h8-10H,11H2,1-7H3. The van der Waals surface area contributed by atoms with Crippen molar-refractivity contribution < 1.29 is 18.7 Å². The molecule has 1 aliphatic rings. The highest BCUT2D eigenvalue weighted by atomic mass is 28.4. The molecule has 0 aromatic heterocycles. The highest BCUT2D eigenvalue weighted by molar-refractivity contribution is 6.74. The van der Waals surface area contributed by atoms with E-state index in [1.54, 1.807) is 26.4 Å². The average molecular weight is 298 g/mol. The number of rotatable bonds is 5. The fourth-order valence-electron chi connectivity index (χ4n) is 1.72. The molecule has 0 saturated heterocycles. The van der Waals surface area contributed by atoms with Crippen LogP contribution in [0.4, 0.5) is 0 Å². The molecule has 114 valence electrons. The lowest BCUT2D eigenvalue weighted by Gasteiger charge is -2.38. The number of hydrogen-bond donors (Lipinski definition) is 0. The molecule has 0 heterocycles. The molecule has 20 heavy (non-hydrogen) atoms. The van der Waals surface area contributed by atoms with Crippen LogP contribution >= 0.6 is 0 Å². The van der Waals surface area contributed by atoms with E-state index in [2.05, 4.69) is 33.9 Å². The number of methoxy groups -OCH3 is 2. The first-order valence-electron chi connectivity index (χ1n) is 6.76. The third-order valence-corrected chi connectivity index (χ3v) is 8.71. The van der Waals surface area contributed by atoms with Crippen molar-refractivity contribution in [2.75, 3.05) is 20.8 Å². The van der Waals surface area contributed by atoms with Crippen molar-refractivity contribution in [2.45, 2.75) is 44.7 Å². The van der Waals surface area contributed by atoms with Gasteiger partial charge in [-0.2, -0.15) is 0 Å². The smallest absolute Gasteiger partial charge is 0.213 e. The van der Waals surface area contributed by atoms with Crippen LogP contribution in [-0.4, -0.2) is 40.7 Å². The summed E-state index contributed by atoms with van der Waals surface area (Å²) in [5.41, 5.74) is 0.708. The Hall–Kier alpha value is -0.753. The van der Waals surface area contributed by atoms with Gasteiger partial charge < -0.3 is 13.9 Å². The molecule has 0 saturated carbocycles. The minimum atomic E-state index is -1.89. The van der Waals surface area contributed by atoms with E-state index in [9.17, 15) is 4.79 Å². The summed E-state index contributed by atoms with van der Waals surface area (Å²) >= 11 is 0. The zero-order valence-corrected chi connectivity index (χ0v) is 14.6. The summed E-state index contributed by atoms with van der Waals surface area (Å²) in [5.74, 6) is -1.06.